The van der Waals surface area contributed by atoms with Gasteiger partial charge >= 0.3 is 12.1 Å². The average molecular weight is 319 g/mol. The van der Waals surface area contributed by atoms with E-state index in [9.17, 15) is 18.0 Å². The number of ether oxygens (including phenoxy) is 1. The monoisotopic (exact) mass is 319 g/mol. The number of esters is 1. The minimum Gasteiger partial charge on any atom is -0.461 e. The van der Waals surface area contributed by atoms with E-state index in [-0.39, 0.29) is 24.6 Å². The summed E-state index contributed by atoms with van der Waals surface area (Å²) >= 11 is 0. The molecule has 124 valence electrons. The van der Waals surface area contributed by atoms with E-state index >= 15 is 0 Å². The van der Waals surface area contributed by atoms with Gasteiger partial charge in [0.15, 0.2) is 11.6 Å². The van der Waals surface area contributed by atoms with Crippen LogP contribution in [0.5, 0.6) is 0 Å². The summed E-state index contributed by atoms with van der Waals surface area (Å²) in [5.74, 6) is 0.276. The third kappa shape index (κ3) is 4.74. The molecule has 0 amide bonds. The molecule has 0 saturated heterocycles. The summed E-state index contributed by atoms with van der Waals surface area (Å²) < 4.78 is 47.1. The Morgan fingerprint density at radius 1 is 1.36 bits per heavy atom. The Kier molecular flexibility index (Phi) is 5.47. The number of carbonyl (C=O) groups is 1. The van der Waals surface area contributed by atoms with Crippen molar-refractivity contribution in [2.75, 3.05) is 6.61 Å². The predicted octanol–water partition coefficient (Wildman–Crippen LogP) is 4.08. The Morgan fingerprint density at radius 3 is 2.64 bits per heavy atom. The Bertz CT molecular complexity index is 507. The van der Waals surface area contributed by atoms with Gasteiger partial charge in [-0.3, -0.25) is 0 Å². The summed E-state index contributed by atoms with van der Waals surface area (Å²) in [5, 5.41) is 0. The van der Waals surface area contributed by atoms with Crippen molar-refractivity contribution in [2.24, 2.45) is 5.92 Å². The first-order valence-electron chi connectivity index (χ1n) is 7.61. The van der Waals surface area contributed by atoms with Gasteiger partial charge in [0.05, 0.1) is 13.0 Å². The van der Waals surface area contributed by atoms with Crippen LogP contribution in [-0.2, 0) is 17.6 Å². The van der Waals surface area contributed by atoms with Crippen molar-refractivity contribution in [3.63, 3.8) is 0 Å². The summed E-state index contributed by atoms with van der Waals surface area (Å²) in [6.45, 7) is 1.85. The van der Waals surface area contributed by atoms with Crippen LogP contribution in [0.4, 0.5) is 13.2 Å². The number of aromatic nitrogens is 1. The van der Waals surface area contributed by atoms with Gasteiger partial charge in [-0.1, -0.05) is 19.3 Å². The fourth-order valence-corrected chi connectivity index (χ4v) is 2.40. The first-order chi connectivity index (χ1) is 10.4. The molecule has 0 bridgehead atoms. The highest BCUT2D eigenvalue weighted by molar-refractivity contribution is 5.88. The fraction of sp³-hybridized carbons (Fsp3) is 0.733. The van der Waals surface area contributed by atoms with Crippen LogP contribution in [0.1, 0.15) is 61.2 Å². The van der Waals surface area contributed by atoms with Crippen LogP contribution in [0.2, 0.25) is 0 Å². The van der Waals surface area contributed by atoms with Gasteiger partial charge in [-0.25, -0.2) is 9.78 Å². The molecule has 1 aliphatic carbocycles. The van der Waals surface area contributed by atoms with Crippen LogP contribution < -0.4 is 0 Å². The number of halogens is 3. The molecule has 4 nitrogen and oxygen atoms in total. The molecule has 1 fully saturated rings. The van der Waals surface area contributed by atoms with Gasteiger partial charge < -0.3 is 9.15 Å². The van der Waals surface area contributed by atoms with E-state index in [1.807, 2.05) is 0 Å². The minimum absolute atomic E-state index is 0.0262. The van der Waals surface area contributed by atoms with Crippen LogP contribution >= 0.6 is 0 Å². The third-order valence-electron chi connectivity index (χ3n) is 3.84. The SMILES string of the molecule is CCOC(=O)c1nc(CCC(F)(F)F)oc1CCC1CCC1. The number of alkyl halides is 3. The fourth-order valence-electron chi connectivity index (χ4n) is 2.40. The first kappa shape index (κ1) is 16.8. The maximum absolute atomic E-state index is 12.3. The predicted molar refractivity (Wildman–Crippen MR) is 72.5 cm³/mol. The summed E-state index contributed by atoms with van der Waals surface area (Å²) in [5.41, 5.74) is 0.0262. The third-order valence-corrected chi connectivity index (χ3v) is 3.84. The maximum atomic E-state index is 12.3. The highest BCUT2D eigenvalue weighted by atomic mass is 19.4. The lowest BCUT2D eigenvalue weighted by Crippen LogP contribution is -2.13. The lowest BCUT2D eigenvalue weighted by Gasteiger charge is -2.24. The molecule has 0 spiro atoms. The number of hydrogen-bond acceptors (Lipinski definition) is 4. The lowest BCUT2D eigenvalue weighted by molar-refractivity contribution is -0.134. The molecular weight excluding hydrogens is 299 g/mol. The van der Waals surface area contributed by atoms with E-state index in [0.717, 1.165) is 19.3 Å². The number of oxazole rings is 1. The van der Waals surface area contributed by atoms with E-state index < -0.39 is 18.6 Å². The zero-order valence-corrected chi connectivity index (χ0v) is 12.5. The van der Waals surface area contributed by atoms with Crippen molar-refractivity contribution in [2.45, 2.75) is 58.0 Å². The molecule has 0 radical (unpaired) electrons. The quantitative estimate of drug-likeness (QED) is 0.711. The average Bonchev–Trinajstić information content (AvgIpc) is 2.77. The second-order valence-corrected chi connectivity index (χ2v) is 5.55. The maximum Gasteiger partial charge on any atom is 0.389 e. The van der Waals surface area contributed by atoms with E-state index in [1.54, 1.807) is 6.92 Å². The van der Waals surface area contributed by atoms with Gasteiger partial charge in [0, 0.05) is 12.8 Å². The molecule has 1 aromatic rings. The van der Waals surface area contributed by atoms with Crippen molar-refractivity contribution in [1.82, 2.24) is 4.98 Å². The topological polar surface area (TPSA) is 52.3 Å². The zero-order chi connectivity index (χ0) is 16.2. The van der Waals surface area contributed by atoms with Gasteiger partial charge in [0.2, 0.25) is 0 Å². The smallest absolute Gasteiger partial charge is 0.389 e. The summed E-state index contributed by atoms with van der Waals surface area (Å²) in [7, 11) is 0. The molecule has 22 heavy (non-hydrogen) atoms. The molecule has 2 rings (SSSR count). The number of rotatable bonds is 7. The Morgan fingerprint density at radius 2 is 2.09 bits per heavy atom. The van der Waals surface area contributed by atoms with Crippen molar-refractivity contribution < 1.29 is 27.1 Å². The zero-order valence-electron chi connectivity index (χ0n) is 12.5. The van der Waals surface area contributed by atoms with Crippen LogP contribution in [-0.4, -0.2) is 23.7 Å². The standard InChI is InChI=1S/C15H20F3NO3/c1-2-21-14(20)13-11(7-6-10-4-3-5-10)22-12(19-13)8-9-15(16,17)18/h10H,2-9H2,1H3. The number of aryl methyl sites for hydroxylation is 2. The second-order valence-electron chi connectivity index (χ2n) is 5.55. The minimum atomic E-state index is -4.27. The van der Waals surface area contributed by atoms with Crippen molar-refractivity contribution >= 4 is 5.97 Å². The molecular formula is C15H20F3NO3. The number of hydrogen-bond donors (Lipinski definition) is 0. The van der Waals surface area contributed by atoms with E-state index in [4.69, 9.17) is 9.15 Å². The summed E-state index contributed by atoms with van der Waals surface area (Å²) in [4.78, 5) is 15.8. The van der Waals surface area contributed by atoms with Gasteiger partial charge in [-0.2, -0.15) is 13.2 Å². The van der Waals surface area contributed by atoms with Crippen molar-refractivity contribution in [3.05, 3.63) is 17.3 Å². The van der Waals surface area contributed by atoms with Crippen molar-refractivity contribution in [1.29, 1.82) is 0 Å². The Hall–Kier alpha value is -1.53. The lowest BCUT2D eigenvalue weighted by atomic mass is 9.82. The molecule has 1 heterocycles. The molecule has 1 saturated carbocycles. The highest BCUT2D eigenvalue weighted by Crippen LogP contribution is 2.31. The van der Waals surface area contributed by atoms with Crippen molar-refractivity contribution in [3.8, 4) is 0 Å². The second kappa shape index (κ2) is 7.15. The van der Waals surface area contributed by atoms with Gasteiger partial charge in [-0.05, 0) is 19.3 Å². The molecule has 0 N–H and O–H groups in total. The molecule has 0 unspecified atom stereocenters. The van der Waals surface area contributed by atoms with Gasteiger partial charge in [0.25, 0.3) is 0 Å². The first-order valence-corrected chi connectivity index (χ1v) is 7.61. The number of nitrogens with zero attached hydrogens (tertiary/aromatic N) is 1. The van der Waals surface area contributed by atoms with Crippen LogP contribution in [0.3, 0.4) is 0 Å². The van der Waals surface area contributed by atoms with E-state index in [1.165, 1.54) is 6.42 Å². The largest absolute Gasteiger partial charge is 0.461 e. The molecule has 0 aliphatic heterocycles. The van der Waals surface area contributed by atoms with E-state index in [0.29, 0.717) is 18.1 Å². The Balaban J connectivity index is 2.05. The van der Waals surface area contributed by atoms with E-state index in [2.05, 4.69) is 4.98 Å². The van der Waals surface area contributed by atoms with Gasteiger partial charge in [0.1, 0.15) is 5.76 Å². The summed E-state index contributed by atoms with van der Waals surface area (Å²) in [6.07, 6.45) is -0.754. The van der Waals surface area contributed by atoms with Crippen LogP contribution in [0.25, 0.3) is 0 Å². The highest BCUT2D eigenvalue weighted by Gasteiger charge is 2.29. The summed E-state index contributed by atoms with van der Waals surface area (Å²) in [6, 6.07) is 0. The van der Waals surface area contributed by atoms with Gasteiger partial charge in [-0.15, -0.1) is 0 Å². The molecule has 0 atom stereocenters. The van der Waals surface area contributed by atoms with Crippen LogP contribution in [0, 0.1) is 5.92 Å². The Labute approximate surface area is 127 Å². The molecule has 1 aliphatic rings. The van der Waals surface area contributed by atoms with Crippen LogP contribution in [0.15, 0.2) is 4.42 Å². The number of carbonyl (C=O) groups excluding carboxylic acids is 1. The molecule has 1 aromatic heterocycles. The molecule has 0 aromatic carbocycles. The normalized spacial score (nSPS) is 15.6. The molecule has 7 heteroatoms.